The van der Waals surface area contributed by atoms with Crippen molar-refractivity contribution >= 4 is 16.9 Å². The maximum Gasteiger partial charge on any atom is 0.354 e. The molecule has 1 fully saturated rings. The summed E-state index contributed by atoms with van der Waals surface area (Å²) in [4.78, 5) is 14.5. The molecule has 0 atom stereocenters. The summed E-state index contributed by atoms with van der Waals surface area (Å²) in [5.74, 6) is -1.08. The first kappa shape index (κ1) is 12.2. The van der Waals surface area contributed by atoms with Crippen LogP contribution in [0.3, 0.4) is 0 Å². The highest BCUT2D eigenvalue weighted by Gasteiger charge is 2.33. The Labute approximate surface area is 110 Å². The number of carbonyl (C=O) groups excluding carboxylic acids is 1. The van der Waals surface area contributed by atoms with Gasteiger partial charge in [0, 0.05) is 16.5 Å². The van der Waals surface area contributed by atoms with E-state index in [0.717, 1.165) is 16.5 Å². The van der Waals surface area contributed by atoms with E-state index in [1.807, 2.05) is 25.1 Å². The maximum atomic E-state index is 11.5. The molecular formula is C14H15NO4. The number of benzene rings is 1. The standard InChI is InChI=1S/C14H15NO4/c1-14(18-5-6-19-14)10-4-3-9-7-12(13(16)17-2)15-11(9)8-10/h3-4,7-8,15H,5-6H2,1-2H3. The van der Waals surface area contributed by atoms with Crippen LogP contribution in [0.25, 0.3) is 10.9 Å². The van der Waals surface area contributed by atoms with Gasteiger partial charge in [0.25, 0.3) is 0 Å². The van der Waals surface area contributed by atoms with Gasteiger partial charge < -0.3 is 19.2 Å². The molecule has 0 bridgehead atoms. The van der Waals surface area contributed by atoms with Crippen molar-refractivity contribution in [2.24, 2.45) is 0 Å². The van der Waals surface area contributed by atoms with E-state index in [1.165, 1.54) is 7.11 Å². The van der Waals surface area contributed by atoms with Gasteiger partial charge in [-0.1, -0.05) is 12.1 Å². The van der Waals surface area contributed by atoms with E-state index in [1.54, 1.807) is 6.07 Å². The number of carbonyl (C=O) groups is 1. The molecule has 2 aromatic rings. The van der Waals surface area contributed by atoms with Gasteiger partial charge in [-0.05, 0) is 19.1 Å². The lowest BCUT2D eigenvalue weighted by Gasteiger charge is -2.22. The number of ether oxygens (including phenoxy) is 3. The molecule has 0 saturated carbocycles. The fourth-order valence-corrected chi connectivity index (χ4v) is 2.31. The molecule has 0 spiro atoms. The van der Waals surface area contributed by atoms with Crippen molar-refractivity contribution in [2.75, 3.05) is 20.3 Å². The van der Waals surface area contributed by atoms with Crippen LogP contribution in [0.15, 0.2) is 24.3 Å². The van der Waals surface area contributed by atoms with Crippen LogP contribution in [0.4, 0.5) is 0 Å². The molecule has 0 unspecified atom stereocenters. The molecule has 100 valence electrons. The van der Waals surface area contributed by atoms with Crippen molar-refractivity contribution in [2.45, 2.75) is 12.7 Å². The zero-order valence-electron chi connectivity index (χ0n) is 10.9. The number of aromatic amines is 1. The van der Waals surface area contributed by atoms with Crippen LogP contribution >= 0.6 is 0 Å². The molecule has 2 heterocycles. The highest BCUT2D eigenvalue weighted by molar-refractivity contribution is 5.94. The van der Waals surface area contributed by atoms with Gasteiger partial charge in [-0.2, -0.15) is 0 Å². The highest BCUT2D eigenvalue weighted by atomic mass is 16.7. The topological polar surface area (TPSA) is 60.6 Å². The number of nitrogens with one attached hydrogen (secondary N) is 1. The van der Waals surface area contributed by atoms with Crippen LogP contribution in [-0.4, -0.2) is 31.3 Å². The Hall–Kier alpha value is -1.85. The molecule has 0 amide bonds. The molecular weight excluding hydrogens is 246 g/mol. The molecule has 1 saturated heterocycles. The Morgan fingerprint density at radius 3 is 2.74 bits per heavy atom. The van der Waals surface area contributed by atoms with E-state index in [2.05, 4.69) is 4.98 Å². The van der Waals surface area contributed by atoms with E-state index in [0.29, 0.717) is 18.9 Å². The third-order valence-electron chi connectivity index (χ3n) is 3.39. The Balaban J connectivity index is 2.03. The maximum absolute atomic E-state index is 11.5. The van der Waals surface area contributed by atoms with Crippen molar-refractivity contribution in [1.29, 1.82) is 0 Å². The van der Waals surface area contributed by atoms with Gasteiger partial charge in [0.05, 0.1) is 20.3 Å². The SMILES string of the molecule is COC(=O)c1cc2ccc(C3(C)OCCO3)cc2[nH]1. The van der Waals surface area contributed by atoms with Crippen LogP contribution < -0.4 is 0 Å². The Kier molecular flexibility index (Phi) is 2.80. The monoisotopic (exact) mass is 261 g/mol. The number of methoxy groups -OCH3 is 1. The van der Waals surface area contributed by atoms with E-state index < -0.39 is 5.79 Å². The van der Waals surface area contributed by atoms with Crippen LogP contribution in [0.2, 0.25) is 0 Å². The van der Waals surface area contributed by atoms with E-state index in [-0.39, 0.29) is 5.97 Å². The van der Waals surface area contributed by atoms with Gasteiger partial charge in [0.1, 0.15) is 5.69 Å². The normalized spacial score (nSPS) is 17.8. The van der Waals surface area contributed by atoms with Crippen LogP contribution in [0.5, 0.6) is 0 Å². The van der Waals surface area contributed by atoms with E-state index in [4.69, 9.17) is 14.2 Å². The lowest BCUT2D eigenvalue weighted by molar-refractivity contribution is -0.149. The summed E-state index contributed by atoms with van der Waals surface area (Å²) in [6.45, 7) is 3.07. The van der Waals surface area contributed by atoms with Crippen molar-refractivity contribution < 1.29 is 19.0 Å². The number of fused-ring (bicyclic) bond motifs is 1. The predicted molar refractivity (Wildman–Crippen MR) is 68.9 cm³/mol. The molecule has 0 aliphatic carbocycles. The number of aromatic nitrogens is 1. The van der Waals surface area contributed by atoms with Crippen molar-refractivity contribution in [1.82, 2.24) is 4.98 Å². The summed E-state index contributed by atoms with van der Waals surface area (Å²) >= 11 is 0. The largest absolute Gasteiger partial charge is 0.464 e. The van der Waals surface area contributed by atoms with Crippen molar-refractivity contribution in [3.05, 3.63) is 35.5 Å². The Morgan fingerprint density at radius 1 is 1.32 bits per heavy atom. The van der Waals surface area contributed by atoms with Crippen LogP contribution in [0, 0.1) is 0 Å². The molecule has 1 aliphatic rings. The summed E-state index contributed by atoms with van der Waals surface area (Å²) in [7, 11) is 1.36. The Bertz CT molecular complexity index is 625. The number of H-pyrrole nitrogens is 1. The molecule has 5 heteroatoms. The minimum Gasteiger partial charge on any atom is -0.464 e. The summed E-state index contributed by atoms with van der Waals surface area (Å²) in [6.07, 6.45) is 0. The van der Waals surface area contributed by atoms with Gasteiger partial charge >= 0.3 is 5.97 Å². The van der Waals surface area contributed by atoms with Gasteiger partial charge in [-0.15, -0.1) is 0 Å². The van der Waals surface area contributed by atoms with Gasteiger partial charge in [0.15, 0.2) is 5.79 Å². The summed E-state index contributed by atoms with van der Waals surface area (Å²) in [5, 5.41) is 0.950. The minimum absolute atomic E-state index is 0.377. The first-order chi connectivity index (χ1) is 9.12. The smallest absolute Gasteiger partial charge is 0.354 e. The average Bonchev–Trinajstić information content (AvgIpc) is 3.03. The fourth-order valence-electron chi connectivity index (χ4n) is 2.31. The number of esters is 1. The molecule has 3 rings (SSSR count). The van der Waals surface area contributed by atoms with Crippen LogP contribution in [0.1, 0.15) is 23.0 Å². The van der Waals surface area contributed by atoms with Gasteiger partial charge in [-0.3, -0.25) is 0 Å². The molecule has 5 nitrogen and oxygen atoms in total. The fraction of sp³-hybridized carbons (Fsp3) is 0.357. The van der Waals surface area contributed by atoms with Gasteiger partial charge in [0.2, 0.25) is 0 Å². The molecule has 0 radical (unpaired) electrons. The lowest BCUT2D eigenvalue weighted by atomic mass is 10.1. The van der Waals surface area contributed by atoms with E-state index >= 15 is 0 Å². The molecule has 1 N–H and O–H groups in total. The average molecular weight is 261 g/mol. The second-order valence-corrected chi connectivity index (χ2v) is 4.62. The number of hydrogen-bond acceptors (Lipinski definition) is 4. The molecule has 1 aliphatic heterocycles. The van der Waals surface area contributed by atoms with Crippen molar-refractivity contribution in [3.63, 3.8) is 0 Å². The zero-order valence-corrected chi connectivity index (χ0v) is 10.9. The van der Waals surface area contributed by atoms with Crippen molar-refractivity contribution in [3.8, 4) is 0 Å². The number of rotatable bonds is 2. The third-order valence-corrected chi connectivity index (χ3v) is 3.39. The zero-order chi connectivity index (χ0) is 13.5. The third kappa shape index (κ3) is 2.01. The highest BCUT2D eigenvalue weighted by Crippen LogP contribution is 2.32. The second kappa shape index (κ2) is 4.36. The first-order valence-corrected chi connectivity index (χ1v) is 6.12. The second-order valence-electron chi connectivity index (χ2n) is 4.62. The van der Waals surface area contributed by atoms with Gasteiger partial charge in [-0.25, -0.2) is 4.79 Å². The first-order valence-electron chi connectivity index (χ1n) is 6.12. The molecule has 1 aromatic carbocycles. The van der Waals surface area contributed by atoms with E-state index in [9.17, 15) is 4.79 Å². The Morgan fingerprint density at radius 2 is 2.05 bits per heavy atom. The van der Waals surface area contributed by atoms with Crippen LogP contribution in [-0.2, 0) is 20.0 Å². The lowest BCUT2D eigenvalue weighted by Crippen LogP contribution is -2.22. The molecule has 19 heavy (non-hydrogen) atoms. The quantitative estimate of drug-likeness (QED) is 0.842. The minimum atomic E-state index is -0.704. The number of hydrogen-bond donors (Lipinski definition) is 1. The predicted octanol–water partition coefficient (Wildman–Crippen LogP) is 2.17. The summed E-state index contributed by atoms with van der Waals surface area (Å²) < 4.78 is 15.9. The summed E-state index contributed by atoms with van der Waals surface area (Å²) in [6, 6.07) is 7.59. The molecule has 1 aromatic heterocycles. The summed E-state index contributed by atoms with van der Waals surface area (Å²) in [5.41, 5.74) is 2.22.